The number of hydrogen-bond acceptors (Lipinski definition) is 3. The Balaban J connectivity index is 1.95. The number of aromatic amines is 1. The van der Waals surface area contributed by atoms with Gasteiger partial charge in [0.15, 0.2) is 10.4 Å². The molecule has 0 saturated carbocycles. The van der Waals surface area contributed by atoms with Crippen LogP contribution in [0.4, 0.5) is 0 Å². The van der Waals surface area contributed by atoms with Crippen molar-refractivity contribution in [2.24, 2.45) is 5.92 Å². The van der Waals surface area contributed by atoms with E-state index >= 15 is 0 Å². The minimum atomic E-state index is 0.537. The third kappa shape index (κ3) is 2.37. The molecule has 1 aliphatic rings. The predicted molar refractivity (Wildman–Crippen MR) is 76.2 cm³/mol. The molecule has 0 spiro atoms. The van der Waals surface area contributed by atoms with Gasteiger partial charge < -0.3 is 14.3 Å². The monoisotopic (exact) mass is 327 g/mol. The summed E-state index contributed by atoms with van der Waals surface area (Å²) in [6, 6.07) is 2.01. The highest BCUT2D eigenvalue weighted by Crippen LogP contribution is 2.21. The van der Waals surface area contributed by atoms with Gasteiger partial charge in [0.25, 0.3) is 0 Å². The summed E-state index contributed by atoms with van der Waals surface area (Å²) in [6.07, 6.45) is 4.14. The number of fused-ring (bicyclic) bond motifs is 1. The first-order valence-corrected chi connectivity index (χ1v) is 7.26. The van der Waals surface area contributed by atoms with Crippen molar-refractivity contribution in [3.63, 3.8) is 0 Å². The van der Waals surface area contributed by atoms with E-state index in [2.05, 4.69) is 30.5 Å². The van der Waals surface area contributed by atoms with Crippen molar-refractivity contribution in [3.05, 3.63) is 21.5 Å². The Labute approximate surface area is 118 Å². The second-order valence-electron chi connectivity index (χ2n) is 4.65. The van der Waals surface area contributed by atoms with E-state index in [0.29, 0.717) is 5.92 Å². The number of pyridine rings is 1. The van der Waals surface area contributed by atoms with Crippen LogP contribution in [0.5, 0.6) is 0 Å². The Kier molecular flexibility index (Phi) is 3.50. The van der Waals surface area contributed by atoms with Crippen molar-refractivity contribution < 1.29 is 4.74 Å². The predicted octanol–water partition coefficient (Wildman–Crippen LogP) is 3.28. The van der Waals surface area contributed by atoms with Gasteiger partial charge >= 0.3 is 0 Å². The fourth-order valence-corrected chi connectivity index (χ4v) is 3.00. The van der Waals surface area contributed by atoms with Crippen LogP contribution >= 0.6 is 28.1 Å². The normalized spacial score (nSPS) is 20.4. The summed E-state index contributed by atoms with van der Waals surface area (Å²) in [5.41, 5.74) is 1.90. The van der Waals surface area contributed by atoms with E-state index in [0.717, 1.165) is 46.6 Å². The summed E-state index contributed by atoms with van der Waals surface area (Å²) in [5, 5.41) is 0. The van der Waals surface area contributed by atoms with Crippen LogP contribution in [0, 0.1) is 10.7 Å². The van der Waals surface area contributed by atoms with E-state index in [1.165, 1.54) is 6.42 Å². The van der Waals surface area contributed by atoms with E-state index in [-0.39, 0.29) is 0 Å². The largest absolute Gasteiger partial charge is 0.381 e. The molecule has 6 heteroatoms. The molecule has 1 saturated heterocycles. The summed E-state index contributed by atoms with van der Waals surface area (Å²) < 4.78 is 9.29. The van der Waals surface area contributed by atoms with Crippen molar-refractivity contribution in [1.29, 1.82) is 0 Å². The van der Waals surface area contributed by atoms with Gasteiger partial charge in [0.05, 0.1) is 12.1 Å². The molecular formula is C12H14BrN3OS. The lowest BCUT2D eigenvalue weighted by Gasteiger charge is -2.22. The van der Waals surface area contributed by atoms with Gasteiger partial charge in [0.2, 0.25) is 0 Å². The van der Waals surface area contributed by atoms with Gasteiger partial charge in [0, 0.05) is 29.7 Å². The Bertz CT molecular complexity index is 615. The van der Waals surface area contributed by atoms with Gasteiger partial charge in [-0.1, -0.05) is 0 Å². The van der Waals surface area contributed by atoms with Gasteiger partial charge in [-0.15, -0.1) is 0 Å². The maximum absolute atomic E-state index is 5.52. The van der Waals surface area contributed by atoms with Crippen LogP contribution in [0.15, 0.2) is 16.7 Å². The molecule has 2 aromatic heterocycles. The molecule has 0 amide bonds. The maximum Gasteiger partial charge on any atom is 0.179 e. The molecule has 3 heterocycles. The van der Waals surface area contributed by atoms with Crippen molar-refractivity contribution in [2.45, 2.75) is 19.4 Å². The highest BCUT2D eigenvalue weighted by atomic mass is 79.9. The van der Waals surface area contributed by atoms with E-state index in [1.807, 2.05) is 6.07 Å². The first kappa shape index (κ1) is 12.3. The topological polar surface area (TPSA) is 42.8 Å². The smallest absolute Gasteiger partial charge is 0.179 e. The van der Waals surface area contributed by atoms with Crippen LogP contribution in [-0.2, 0) is 11.3 Å². The average Bonchev–Trinajstić information content (AvgIpc) is 2.66. The zero-order chi connectivity index (χ0) is 12.5. The summed E-state index contributed by atoms with van der Waals surface area (Å²) in [7, 11) is 0. The van der Waals surface area contributed by atoms with E-state index < -0.39 is 0 Å². The van der Waals surface area contributed by atoms with Gasteiger partial charge in [-0.3, -0.25) is 0 Å². The molecule has 1 fully saturated rings. The van der Waals surface area contributed by atoms with Crippen LogP contribution in [0.25, 0.3) is 11.2 Å². The summed E-state index contributed by atoms with van der Waals surface area (Å²) in [6.45, 7) is 2.60. The molecule has 2 aromatic rings. The van der Waals surface area contributed by atoms with Crippen LogP contribution < -0.4 is 0 Å². The van der Waals surface area contributed by atoms with Gasteiger partial charge in [-0.25, -0.2) is 4.98 Å². The minimum Gasteiger partial charge on any atom is -0.381 e. The number of aromatic nitrogens is 3. The number of nitrogens with one attached hydrogen (secondary N) is 1. The molecule has 1 unspecified atom stereocenters. The lowest BCUT2D eigenvalue weighted by molar-refractivity contribution is 0.0486. The second-order valence-corrected chi connectivity index (χ2v) is 5.95. The number of H-pyrrole nitrogens is 1. The fourth-order valence-electron chi connectivity index (χ4n) is 2.40. The van der Waals surface area contributed by atoms with E-state index in [4.69, 9.17) is 17.0 Å². The number of nitrogens with zero attached hydrogens (tertiary/aromatic N) is 2. The van der Waals surface area contributed by atoms with Gasteiger partial charge in [0.1, 0.15) is 0 Å². The number of ether oxygens (including phenoxy) is 1. The number of halogens is 1. The van der Waals surface area contributed by atoms with Crippen LogP contribution in [0.3, 0.4) is 0 Å². The molecule has 0 bridgehead atoms. The molecule has 96 valence electrons. The molecular weight excluding hydrogens is 314 g/mol. The lowest BCUT2D eigenvalue weighted by atomic mass is 10.0. The molecule has 0 aliphatic carbocycles. The molecule has 1 aliphatic heterocycles. The van der Waals surface area contributed by atoms with Crippen molar-refractivity contribution in [2.75, 3.05) is 13.2 Å². The number of hydrogen-bond donors (Lipinski definition) is 1. The lowest BCUT2D eigenvalue weighted by Crippen LogP contribution is -2.22. The van der Waals surface area contributed by atoms with Crippen LogP contribution in [0.1, 0.15) is 12.8 Å². The molecule has 1 atom stereocenters. The Morgan fingerprint density at radius 2 is 2.50 bits per heavy atom. The van der Waals surface area contributed by atoms with Crippen molar-refractivity contribution in [1.82, 2.24) is 14.5 Å². The van der Waals surface area contributed by atoms with Crippen LogP contribution in [-0.4, -0.2) is 27.7 Å². The van der Waals surface area contributed by atoms with E-state index in [1.54, 1.807) is 6.20 Å². The highest BCUT2D eigenvalue weighted by molar-refractivity contribution is 9.10. The number of rotatable bonds is 2. The zero-order valence-electron chi connectivity index (χ0n) is 9.86. The fraction of sp³-hybridized carbons (Fsp3) is 0.500. The summed E-state index contributed by atoms with van der Waals surface area (Å²) >= 11 is 8.79. The molecule has 4 nitrogen and oxygen atoms in total. The second kappa shape index (κ2) is 5.11. The van der Waals surface area contributed by atoms with E-state index in [9.17, 15) is 0 Å². The van der Waals surface area contributed by atoms with Crippen LogP contribution in [0.2, 0.25) is 0 Å². The Hall–Kier alpha value is -0.720. The third-order valence-corrected chi connectivity index (χ3v) is 4.03. The first-order chi connectivity index (χ1) is 8.74. The Morgan fingerprint density at radius 1 is 1.61 bits per heavy atom. The minimum absolute atomic E-state index is 0.537. The molecule has 18 heavy (non-hydrogen) atoms. The molecule has 0 aromatic carbocycles. The Morgan fingerprint density at radius 3 is 3.28 bits per heavy atom. The van der Waals surface area contributed by atoms with Gasteiger partial charge in [-0.05, 0) is 47.1 Å². The standard InChI is InChI=1S/C12H14BrN3OS/c13-9-4-10-11(14-5-9)16(12(18)15-10)6-8-2-1-3-17-7-8/h4-5,8H,1-3,6-7H2,(H,15,18). The SMILES string of the molecule is S=c1[nH]c2cc(Br)cnc2n1CC1CCCOC1. The summed E-state index contributed by atoms with van der Waals surface area (Å²) in [5.74, 6) is 0.537. The average molecular weight is 328 g/mol. The molecule has 0 radical (unpaired) electrons. The van der Waals surface area contributed by atoms with Gasteiger partial charge in [-0.2, -0.15) is 0 Å². The zero-order valence-corrected chi connectivity index (χ0v) is 12.3. The highest BCUT2D eigenvalue weighted by Gasteiger charge is 2.16. The maximum atomic E-state index is 5.52. The van der Waals surface area contributed by atoms with Crippen molar-refractivity contribution in [3.8, 4) is 0 Å². The van der Waals surface area contributed by atoms with Crippen molar-refractivity contribution >= 4 is 39.3 Å². The summed E-state index contributed by atoms with van der Waals surface area (Å²) in [4.78, 5) is 7.65. The molecule has 3 rings (SSSR count). The third-order valence-electron chi connectivity index (χ3n) is 3.27. The number of imidazole rings is 1. The quantitative estimate of drug-likeness (QED) is 0.861. The first-order valence-electron chi connectivity index (χ1n) is 6.06. The molecule has 1 N–H and O–H groups in total.